The fourth-order valence-corrected chi connectivity index (χ4v) is 2.93. The number of hydrogen-bond donors (Lipinski definition) is 1. The molecule has 1 amide bonds. The highest BCUT2D eigenvalue weighted by molar-refractivity contribution is 6.08. The highest BCUT2D eigenvalue weighted by Gasteiger charge is 2.23. The van der Waals surface area contributed by atoms with E-state index in [0.717, 1.165) is 12.1 Å². The zero-order valence-corrected chi connectivity index (χ0v) is 15.2. The van der Waals surface area contributed by atoms with Crippen molar-refractivity contribution in [3.8, 4) is 0 Å². The first-order valence-electron chi connectivity index (χ1n) is 8.81. The number of para-hydroxylation sites is 1. The van der Waals surface area contributed by atoms with E-state index in [4.69, 9.17) is 5.73 Å². The third-order valence-corrected chi connectivity index (χ3v) is 4.33. The lowest BCUT2D eigenvalue weighted by Gasteiger charge is -2.23. The van der Waals surface area contributed by atoms with Crippen LogP contribution in [0.5, 0.6) is 0 Å². The van der Waals surface area contributed by atoms with Crippen LogP contribution in [0.15, 0.2) is 66.9 Å². The Hall–Kier alpha value is -3.08. The van der Waals surface area contributed by atoms with Gasteiger partial charge in [0.25, 0.3) is 5.91 Å². The summed E-state index contributed by atoms with van der Waals surface area (Å²) in [6, 6.07) is 19.9. The quantitative estimate of drug-likeness (QED) is 0.734. The maximum absolute atomic E-state index is 13.2. The third kappa shape index (κ3) is 3.77. The van der Waals surface area contributed by atoms with Gasteiger partial charge in [-0.2, -0.15) is 5.10 Å². The molecule has 2 aromatic carbocycles. The Morgan fingerprint density at radius 3 is 2.27 bits per heavy atom. The van der Waals surface area contributed by atoms with Crippen LogP contribution < -0.4 is 10.6 Å². The van der Waals surface area contributed by atoms with Gasteiger partial charge in [0.1, 0.15) is 11.4 Å². The van der Waals surface area contributed by atoms with Gasteiger partial charge >= 0.3 is 0 Å². The fourth-order valence-electron chi connectivity index (χ4n) is 2.93. The molecule has 0 bridgehead atoms. The summed E-state index contributed by atoms with van der Waals surface area (Å²) in [6.07, 6.45) is 2.33. The van der Waals surface area contributed by atoms with Crippen molar-refractivity contribution in [1.29, 1.82) is 0 Å². The van der Waals surface area contributed by atoms with Crippen LogP contribution in [0.2, 0.25) is 0 Å². The van der Waals surface area contributed by atoms with E-state index >= 15 is 0 Å². The number of nitrogens with zero attached hydrogens (tertiary/aromatic N) is 3. The number of hydrogen-bond acceptors (Lipinski definition) is 3. The van der Waals surface area contributed by atoms with Crippen LogP contribution in [-0.2, 0) is 6.42 Å². The minimum absolute atomic E-state index is 0.103. The summed E-state index contributed by atoms with van der Waals surface area (Å²) in [5.74, 6) is 0.280. The summed E-state index contributed by atoms with van der Waals surface area (Å²) in [5.41, 5.74) is 8.66. The maximum atomic E-state index is 13.2. The van der Waals surface area contributed by atoms with Gasteiger partial charge in [-0.3, -0.25) is 4.79 Å². The topological polar surface area (TPSA) is 64.2 Å². The van der Waals surface area contributed by atoms with Crippen LogP contribution in [0.4, 0.5) is 11.5 Å². The Kier molecular flexibility index (Phi) is 5.37. The largest absolute Gasteiger partial charge is 0.383 e. The molecule has 5 heteroatoms. The second kappa shape index (κ2) is 7.87. The van der Waals surface area contributed by atoms with Crippen molar-refractivity contribution in [2.24, 2.45) is 0 Å². The maximum Gasteiger partial charge on any atom is 0.263 e. The number of nitrogen functional groups attached to an aromatic ring is 1. The standard InChI is InChI=1S/C21H24N4O/c1-16(2)25-20(22)19(15-23-25)21(26)24(18-11-7-4-8-12-18)14-13-17-9-5-3-6-10-17/h3-12,15-16H,13-14,22H2,1-2H3. The van der Waals surface area contributed by atoms with Crippen molar-refractivity contribution in [3.63, 3.8) is 0 Å². The molecule has 0 atom stereocenters. The summed E-state index contributed by atoms with van der Waals surface area (Å²) in [4.78, 5) is 15.0. The van der Waals surface area contributed by atoms with E-state index in [2.05, 4.69) is 17.2 Å². The number of amides is 1. The molecule has 3 aromatic rings. The van der Waals surface area contributed by atoms with Crippen molar-refractivity contribution in [1.82, 2.24) is 9.78 Å². The average Bonchev–Trinajstić information content (AvgIpc) is 3.05. The van der Waals surface area contributed by atoms with Crippen LogP contribution in [-0.4, -0.2) is 22.2 Å². The lowest BCUT2D eigenvalue weighted by atomic mass is 10.1. The molecule has 1 aromatic heterocycles. The monoisotopic (exact) mass is 348 g/mol. The Morgan fingerprint density at radius 2 is 1.69 bits per heavy atom. The summed E-state index contributed by atoms with van der Waals surface area (Å²) < 4.78 is 1.67. The molecular formula is C21H24N4O. The minimum atomic E-state index is -0.128. The summed E-state index contributed by atoms with van der Waals surface area (Å²) in [7, 11) is 0. The molecular weight excluding hydrogens is 324 g/mol. The molecule has 0 aliphatic heterocycles. The summed E-state index contributed by atoms with van der Waals surface area (Å²) in [5, 5.41) is 4.27. The van der Waals surface area contributed by atoms with E-state index in [1.807, 2.05) is 62.4 Å². The van der Waals surface area contributed by atoms with Gasteiger partial charge in [0, 0.05) is 18.3 Å². The van der Waals surface area contributed by atoms with E-state index in [9.17, 15) is 4.79 Å². The number of anilines is 2. The second-order valence-corrected chi connectivity index (χ2v) is 6.51. The van der Waals surface area contributed by atoms with Gasteiger partial charge in [-0.25, -0.2) is 4.68 Å². The van der Waals surface area contributed by atoms with Crippen molar-refractivity contribution in [3.05, 3.63) is 78.0 Å². The Balaban J connectivity index is 1.89. The van der Waals surface area contributed by atoms with Crippen molar-refractivity contribution in [2.45, 2.75) is 26.3 Å². The molecule has 0 radical (unpaired) electrons. The molecule has 0 aliphatic carbocycles. The van der Waals surface area contributed by atoms with Crippen LogP contribution in [0.3, 0.4) is 0 Å². The molecule has 5 nitrogen and oxygen atoms in total. The van der Waals surface area contributed by atoms with Crippen molar-refractivity contribution in [2.75, 3.05) is 17.2 Å². The molecule has 134 valence electrons. The lowest BCUT2D eigenvalue weighted by Crippen LogP contribution is -2.33. The Morgan fingerprint density at radius 1 is 1.08 bits per heavy atom. The van der Waals surface area contributed by atoms with E-state index < -0.39 is 0 Å². The second-order valence-electron chi connectivity index (χ2n) is 6.51. The molecule has 0 saturated carbocycles. The van der Waals surface area contributed by atoms with Gasteiger partial charge in [0.2, 0.25) is 0 Å². The molecule has 0 unspecified atom stereocenters. The Bertz CT molecular complexity index is 856. The zero-order chi connectivity index (χ0) is 18.5. The first kappa shape index (κ1) is 17.7. The minimum Gasteiger partial charge on any atom is -0.383 e. The number of carbonyl (C=O) groups is 1. The van der Waals surface area contributed by atoms with Crippen LogP contribution in [0, 0.1) is 0 Å². The highest BCUT2D eigenvalue weighted by Crippen LogP contribution is 2.22. The third-order valence-electron chi connectivity index (χ3n) is 4.33. The summed E-state index contributed by atoms with van der Waals surface area (Å²) >= 11 is 0. The van der Waals surface area contributed by atoms with Gasteiger partial charge in [-0.05, 0) is 38.0 Å². The average molecular weight is 348 g/mol. The van der Waals surface area contributed by atoms with Crippen LogP contribution >= 0.6 is 0 Å². The van der Waals surface area contributed by atoms with Crippen LogP contribution in [0.25, 0.3) is 0 Å². The van der Waals surface area contributed by atoms with E-state index in [1.54, 1.807) is 15.8 Å². The van der Waals surface area contributed by atoms with Crippen LogP contribution in [0.1, 0.15) is 35.8 Å². The SMILES string of the molecule is CC(C)n1ncc(C(=O)N(CCc2ccccc2)c2ccccc2)c1N. The molecule has 2 N–H and O–H groups in total. The fraction of sp³-hybridized carbons (Fsp3) is 0.238. The normalized spacial score (nSPS) is 10.9. The summed E-state index contributed by atoms with van der Waals surface area (Å²) in [6.45, 7) is 4.54. The van der Waals surface area contributed by atoms with Gasteiger partial charge in [0.15, 0.2) is 0 Å². The number of nitrogens with two attached hydrogens (primary N) is 1. The molecule has 0 aliphatic rings. The molecule has 3 rings (SSSR count). The molecule has 26 heavy (non-hydrogen) atoms. The molecule has 0 saturated heterocycles. The van der Waals surface area contributed by atoms with Crippen molar-refractivity contribution >= 4 is 17.4 Å². The predicted octanol–water partition coefficient (Wildman–Crippen LogP) is 3.94. The smallest absolute Gasteiger partial charge is 0.263 e. The van der Waals surface area contributed by atoms with E-state index in [0.29, 0.717) is 17.9 Å². The number of aromatic nitrogens is 2. The first-order chi connectivity index (χ1) is 12.6. The number of benzene rings is 2. The number of carbonyl (C=O) groups excluding carboxylic acids is 1. The van der Waals surface area contributed by atoms with Gasteiger partial charge in [-0.1, -0.05) is 48.5 Å². The molecule has 0 spiro atoms. The van der Waals surface area contributed by atoms with Gasteiger partial charge in [0.05, 0.1) is 6.20 Å². The Labute approximate surface area is 154 Å². The van der Waals surface area contributed by atoms with E-state index in [-0.39, 0.29) is 11.9 Å². The zero-order valence-electron chi connectivity index (χ0n) is 15.2. The van der Waals surface area contributed by atoms with E-state index in [1.165, 1.54) is 5.56 Å². The molecule has 0 fully saturated rings. The highest BCUT2D eigenvalue weighted by atomic mass is 16.2. The molecule has 1 heterocycles. The first-order valence-corrected chi connectivity index (χ1v) is 8.81. The lowest BCUT2D eigenvalue weighted by molar-refractivity contribution is 0.0988. The van der Waals surface area contributed by atoms with Gasteiger partial charge in [-0.15, -0.1) is 0 Å². The van der Waals surface area contributed by atoms with Crippen molar-refractivity contribution < 1.29 is 4.79 Å². The van der Waals surface area contributed by atoms with Gasteiger partial charge < -0.3 is 10.6 Å². The number of rotatable bonds is 6. The predicted molar refractivity (Wildman–Crippen MR) is 105 cm³/mol.